The number of nitrogens with one attached hydrogen (secondary N) is 1. The maximum atomic E-state index is 12.1. The Bertz CT molecular complexity index is 276. The molecular formula is C13H23NO3. The zero-order chi connectivity index (χ0) is 12.3. The number of hydrogen-bond acceptors (Lipinski definition) is 4. The fourth-order valence-electron chi connectivity index (χ4n) is 3.12. The third kappa shape index (κ3) is 2.80. The Balaban J connectivity index is 2.07. The van der Waals surface area contributed by atoms with Crippen molar-refractivity contribution in [2.45, 2.75) is 63.1 Å². The summed E-state index contributed by atoms with van der Waals surface area (Å²) in [5, 5.41) is 3.56. The first-order valence-corrected chi connectivity index (χ1v) is 6.64. The number of ether oxygens (including phenoxy) is 2. The maximum absolute atomic E-state index is 12.1. The highest BCUT2D eigenvalue weighted by Gasteiger charge is 2.44. The van der Waals surface area contributed by atoms with E-state index in [0.29, 0.717) is 12.6 Å². The van der Waals surface area contributed by atoms with Crippen LogP contribution < -0.4 is 5.32 Å². The van der Waals surface area contributed by atoms with Crippen molar-refractivity contribution in [1.29, 1.82) is 0 Å². The normalized spacial score (nSPS) is 34.8. The number of carbonyl (C=O) groups excluding carboxylic acids is 1. The van der Waals surface area contributed by atoms with Gasteiger partial charge in [-0.05, 0) is 26.2 Å². The molecule has 1 aliphatic carbocycles. The van der Waals surface area contributed by atoms with Crippen LogP contribution in [0.15, 0.2) is 0 Å². The zero-order valence-electron chi connectivity index (χ0n) is 10.8. The lowest BCUT2D eigenvalue weighted by Gasteiger charge is -2.40. The smallest absolute Gasteiger partial charge is 0.326 e. The average molecular weight is 241 g/mol. The van der Waals surface area contributed by atoms with E-state index in [2.05, 4.69) is 5.32 Å². The van der Waals surface area contributed by atoms with Gasteiger partial charge >= 0.3 is 5.97 Å². The highest BCUT2D eigenvalue weighted by atomic mass is 16.5. The molecule has 2 rings (SSSR count). The molecule has 1 saturated carbocycles. The van der Waals surface area contributed by atoms with Crippen LogP contribution in [0.25, 0.3) is 0 Å². The number of rotatable bonds is 3. The first-order valence-electron chi connectivity index (χ1n) is 6.64. The molecule has 0 spiro atoms. The largest absolute Gasteiger partial charge is 0.468 e. The topological polar surface area (TPSA) is 47.6 Å². The van der Waals surface area contributed by atoms with Gasteiger partial charge in [0.2, 0.25) is 0 Å². The predicted octanol–water partition coefficient (Wildman–Crippen LogP) is 1.63. The van der Waals surface area contributed by atoms with E-state index in [0.717, 1.165) is 12.8 Å². The second kappa shape index (κ2) is 5.36. The van der Waals surface area contributed by atoms with Crippen molar-refractivity contribution >= 4 is 5.97 Å². The van der Waals surface area contributed by atoms with Gasteiger partial charge in [0.1, 0.15) is 5.54 Å². The Hall–Kier alpha value is -0.610. The lowest BCUT2D eigenvalue weighted by molar-refractivity contribution is -0.156. The molecule has 4 nitrogen and oxygen atoms in total. The fourth-order valence-corrected chi connectivity index (χ4v) is 3.12. The van der Waals surface area contributed by atoms with Gasteiger partial charge in [-0.15, -0.1) is 0 Å². The van der Waals surface area contributed by atoms with Gasteiger partial charge in [0.05, 0.1) is 13.2 Å². The molecule has 0 radical (unpaired) electrons. The second-order valence-electron chi connectivity index (χ2n) is 5.33. The first kappa shape index (κ1) is 12.8. The lowest BCUT2D eigenvalue weighted by Crippen LogP contribution is -2.60. The van der Waals surface area contributed by atoms with Crippen molar-refractivity contribution in [3.05, 3.63) is 0 Å². The molecule has 0 aromatic carbocycles. The molecule has 2 unspecified atom stereocenters. The maximum Gasteiger partial charge on any atom is 0.326 e. The molecule has 1 aliphatic heterocycles. The summed E-state index contributed by atoms with van der Waals surface area (Å²) in [6.07, 6.45) is 6.44. The van der Waals surface area contributed by atoms with Crippen molar-refractivity contribution in [3.8, 4) is 0 Å². The van der Waals surface area contributed by atoms with Crippen molar-refractivity contribution in [2.24, 2.45) is 0 Å². The van der Waals surface area contributed by atoms with Gasteiger partial charge in [-0.3, -0.25) is 10.1 Å². The number of hydrogen-bond donors (Lipinski definition) is 1. The third-order valence-corrected chi connectivity index (χ3v) is 3.98. The zero-order valence-corrected chi connectivity index (χ0v) is 10.8. The molecule has 17 heavy (non-hydrogen) atoms. The summed E-state index contributed by atoms with van der Waals surface area (Å²) in [6, 6.07) is 0.472. The second-order valence-corrected chi connectivity index (χ2v) is 5.33. The Morgan fingerprint density at radius 1 is 1.41 bits per heavy atom. The number of methoxy groups -OCH3 is 1. The minimum absolute atomic E-state index is 0.122. The number of esters is 1. The van der Waals surface area contributed by atoms with Gasteiger partial charge < -0.3 is 9.47 Å². The Labute approximate surface area is 103 Å². The molecule has 4 heteroatoms. The summed E-state index contributed by atoms with van der Waals surface area (Å²) in [7, 11) is 1.47. The van der Waals surface area contributed by atoms with Crippen molar-refractivity contribution in [1.82, 2.24) is 5.32 Å². The van der Waals surface area contributed by atoms with Gasteiger partial charge in [-0.2, -0.15) is 0 Å². The SMILES string of the molecule is COC(=O)C1(NC2CCCC2)CCOC(C)C1. The van der Waals surface area contributed by atoms with E-state index in [-0.39, 0.29) is 12.1 Å². The quantitative estimate of drug-likeness (QED) is 0.763. The van der Waals surface area contributed by atoms with E-state index in [1.165, 1.54) is 32.8 Å². The summed E-state index contributed by atoms with van der Waals surface area (Å²) in [6.45, 7) is 2.66. The van der Waals surface area contributed by atoms with E-state index in [4.69, 9.17) is 9.47 Å². The standard InChI is InChI=1S/C13H23NO3/c1-10-9-13(7-8-17-10,12(15)16-2)14-11-5-3-4-6-11/h10-11,14H,3-9H2,1-2H3. The van der Waals surface area contributed by atoms with Crippen LogP contribution in [-0.4, -0.2) is 37.4 Å². The molecule has 0 aromatic heterocycles. The van der Waals surface area contributed by atoms with Gasteiger partial charge in [-0.25, -0.2) is 0 Å². The summed E-state index contributed by atoms with van der Waals surface area (Å²) in [5.74, 6) is -0.125. The molecule has 2 atom stereocenters. The van der Waals surface area contributed by atoms with E-state index < -0.39 is 5.54 Å². The molecule has 1 saturated heterocycles. The van der Waals surface area contributed by atoms with E-state index in [9.17, 15) is 4.79 Å². The van der Waals surface area contributed by atoms with Gasteiger partial charge in [0.25, 0.3) is 0 Å². The summed E-state index contributed by atoms with van der Waals surface area (Å²) in [4.78, 5) is 12.1. The summed E-state index contributed by atoms with van der Waals surface area (Å²) >= 11 is 0. The molecule has 2 fully saturated rings. The van der Waals surface area contributed by atoms with Crippen LogP contribution in [0.4, 0.5) is 0 Å². The van der Waals surface area contributed by atoms with Crippen LogP contribution in [0, 0.1) is 0 Å². The fraction of sp³-hybridized carbons (Fsp3) is 0.923. The van der Waals surface area contributed by atoms with E-state index in [1.807, 2.05) is 6.92 Å². The minimum atomic E-state index is -0.512. The lowest BCUT2D eigenvalue weighted by atomic mass is 9.86. The van der Waals surface area contributed by atoms with Crippen LogP contribution in [0.5, 0.6) is 0 Å². The van der Waals surface area contributed by atoms with Crippen molar-refractivity contribution < 1.29 is 14.3 Å². The van der Waals surface area contributed by atoms with Crippen molar-refractivity contribution in [2.75, 3.05) is 13.7 Å². The van der Waals surface area contributed by atoms with Gasteiger partial charge in [0.15, 0.2) is 0 Å². The van der Waals surface area contributed by atoms with Gasteiger partial charge in [0, 0.05) is 19.1 Å². The third-order valence-electron chi connectivity index (χ3n) is 3.98. The monoisotopic (exact) mass is 241 g/mol. The average Bonchev–Trinajstić information content (AvgIpc) is 2.80. The van der Waals surface area contributed by atoms with Crippen LogP contribution >= 0.6 is 0 Å². The minimum Gasteiger partial charge on any atom is -0.468 e. The molecular weight excluding hydrogens is 218 g/mol. The van der Waals surface area contributed by atoms with Crippen LogP contribution in [-0.2, 0) is 14.3 Å². The van der Waals surface area contributed by atoms with Gasteiger partial charge in [-0.1, -0.05) is 12.8 Å². The van der Waals surface area contributed by atoms with Crippen LogP contribution in [0.2, 0.25) is 0 Å². The highest BCUT2D eigenvalue weighted by Crippen LogP contribution is 2.29. The highest BCUT2D eigenvalue weighted by molar-refractivity contribution is 5.81. The predicted molar refractivity (Wildman–Crippen MR) is 64.8 cm³/mol. The number of carbonyl (C=O) groups is 1. The Morgan fingerprint density at radius 3 is 2.71 bits per heavy atom. The van der Waals surface area contributed by atoms with Crippen LogP contribution in [0.3, 0.4) is 0 Å². The molecule has 1 heterocycles. The molecule has 0 bridgehead atoms. The molecule has 1 N–H and O–H groups in total. The molecule has 98 valence electrons. The first-order chi connectivity index (χ1) is 8.16. The molecule has 0 aromatic rings. The summed E-state index contributed by atoms with van der Waals surface area (Å²) in [5.41, 5.74) is -0.512. The van der Waals surface area contributed by atoms with E-state index in [1.54, 1.807) is 0 Å². The van der Waals surface area contributed by atoms with Crippen LogP contribution in [0.1, 0.15) is 45.4 Å². The molecule has 0 amide bonds. The Kier molecular flexibility index (Phi) is 4.05. The Morgan fingerprint density at radius 2 is 2.12 bits per heavy atom. The van der Waals surface area contributed by atoms with Crippen molar-refractivity contribution in [3.63, 3.8) is 0 Å². The summed E-state index contributed by atoms with van der Waals surface area (Å²) < 4.78 is 10.5. The van der Waals surface area contributed by atoms with E-state index >= 15 is 0 Å². The molecule has 2 aliphatic rings.